The SMILES string of the molecule is CN(C[C@@H]1CCN(C)[C@H]1c1cccnc1)C(=O)c1cccc2[nH]cnc12. The monoisotopic (exact) mass is 349 g/mol. The van der Waals surface area contributed by atoms with E-state index in [4.69, 9.17) is 0 Å². The predicted octanol–water partition coefficient (Wildman–Crippen LogP) is 2.72. The maximum absolute atomic E-state index is 13.0. The number of aromatic amines is 1. The number of amides is 1. The van der Waals surface area contributed by atoms with Crippen molar-refractivity contribution in [3.05, 3.63) is 60.2 Å². The summed E-state index contributed by atoms with van der Waals surface area (Å²) >= 11 is 0. The van der Waals surface area contributed by atoms with Crippen LogP contribution >= 0.6 is 0 Å². The number of benzene rings is 1. The molecule has 2 atom stereocenters. The molecule has 6 nitrogen and oxygen atoms in total. The van der Waals surface area contributed by atoms with Gasteiger partial charge in [-0.2, -0.15) is 0 Å². The summed E-state index contributed by atoms with van der Waals surface area (Å²) in [5.41, 5.74) is 3.48. The van der Waals surface area contributed by atoms with Crippen molar-refractivity contribution in [1.29, 1.82) is 0 Å². The molecule has 6 heteroatoms. The van der Waals surface area contributed by atoms with Crippen LogP contribution in [0.2, 0.25) is 0 Å². The van der Waals surface area contributed by atoms with Crippen LogP contribution in [0.1, 0.15) is 28.4 Å². The molecule has 1 aliphatic rings. The maximum Gasteiger partial charge on any atom is 0.255 e. The average molecular weight is 349 g/mol. The smallest absolute Gasteiger partial charge is 0.255 e. The zero-order valence-electron chi connectivity index (χ0n) is 15.1. The van der Waals surface area contributed by atoms with Crippen molar-refractivity contribution in [1.82, 2.24) is 24.8 Å². The molecule has 3 heterocycles. The van der Waals surface area contributed by atoms with Crippen molar-refractivity contribution in [2.75, 3.05) is 27.2 Å². The number of para-hydroxylation sites is 1. The third-order valence-corrected chi connectivity index (χ3v) is 5.34. The molecule has 0 aliphatic carbocycles. The van der Waals surface area contributed by atoms with E-state index in [0.717, 1.165) is 24.0 Å². The highest BCUT2D eigenvalue weighted by Gasteiger charge is 2.34. The van der Waals surface area contributed by atoms with Gasteiger partial charge in [-0.05, 0) is 49.7 Å². The van der Waals surface area contributed by atoms with E-state index in [1.165, 1.54) is 5.56 Å². The Labute approximate surface area is 152 Å². The van der Waals surface area contributed by atoms with Crippen LogP contribution in [0.4, 0.5) is 0 Å². The van der Waals surface area contributed by atoms with Crippen LogP contribution in [-0.2, 0) is 0 Å². The Hall–Kier alpha value is -2.73. The van der Waals surface area contributed by atoms with Gasteiger partial charge in [0.1, 0.15) is 5.52 Å². The largest absolute Gasteiger partial charge is 0.345 e. The van der Waals surface area contributed by atoms with Gasteiger partial charge in [-0.1, -0.05) is 12.1 Å². The fraction of sp³-hybridized carbons (Fsp3) is 0.350. The Kier molecular flexibility index (Phi) is 4.42. The van der Waals surface area contributed by atoms with Crippen molar-refractivity contribution in [3.63, 3.8) is 0 Å². The Balaban J connectivity index is 1.54. The first-order valence-corrected chi connectivity index (χ1v) is 8.93. The molecule has 0 bridgehead atoms. The Morgan fingerprint density at radius 1 is 1.35 bits per heavy atom. The first kappa shape index (κ1) is 16.7. The van der Waals surface area contributed by atoms with Crippen molar-refractivity contribution >= 4 is 16.9 Å². The van der Waals surface area contributed by atoms with Crippen LogP contribution in [0, 0.1) is 5.92 Å². The number of hydrogen-bond acceptors (Lipinski definition) is 4. The molecule has 26 heavy (non-hydrogen) atoms. The van der Waals surface area contributed by atoms with Crippen molar-refractivity contribution in [3.8, 4) is 0 Å². The molecule has 4 rings (SSSR count). The summed E-state index contributed by atoms with van der Waals surface area (Å²) in [6.45, 7) is 1.74. The molecule has 0 radical (unpaired) electrons. The number of H-pyrrole nitrogens is 1. The minimum atomic E-state index is 0.0159. The number of rotatable bonds is 4. The molecule has 1 saturated heterocycles. The molecule has 2 aromatic heterocycles. The second kappa shape index (κ2) is 6.88. The number of carbonyl (C=O) groups is 1. The summed E-state index contributed by atoms with van der Waals surface area (Å²) in [5, 5.41) is 0. The third kappa shape index (κ3) is 2.97. The minimum Gasteiger partial charge on any atom is -0.345 e. The first-order valence-electron chi connectivity index (χ1n) is 8.93. The van der Waals surface area contributed by atoms with Crippen LogP contribution in [0.5, 0.6) is 0 Å². The highest BCUT2D eigenvalue weighted by molar-refractivity contribution is 6.04. The quantitative estimate of drug-likeness (QED) is 0.786. The summed E-state index contributed by atoms with van der Waals surface area (Å²) in [6.07, 6.45) is 6.44. The van der Waals surface area contributed by atoms with Gasteiger partial charge in [0, 0.05) is 32.0 Å². The van der Waals surface area contributed by atoms with Crippen molar-refractivity contribution < 1.29 is 4.79 Å². The van der Waals surface area contributed by atoms with Crippen LogP contribution in [0.25, 0.3) is 11.0 Å². The fourth-order valence-corrected chi connectivity index (χ4v) is 4.07. The lowest BCUT2D eigenvalue weighted by molar-refractivity contribution is 0.0762. The third-order valence-electron chi connectivity index (χ3n) is 5.34. The van der Waals surface area contributed by atoms with E-state index in [2.05, 4.69) is 33.0 Å². The molecular weight excluding hydrogens is 326 g/mol. The lowest BCUT2D eigenvalue weighted by Crippen LogP contribution is -2.34. The molecule has 1 aliphatic heterocycles. The van der Waals surface area contributed by atoms with Gasteiger partial charge in [0.25, 0.3) is 5.91 Å². The van der Waals surface area contributed by atoms with E-state index in [-0.39, 0.29) is 5.91 Å². The van der Waals surface area contributed by atoms with Crippen LogP contribution < -0.4 is 0 Å². The molecule has 134 valence electrons. The zero-order chi connectivity index (χ0) is 18.1. The zero-order valence-corrected chi connectivity index (χ0v) is 15.1. The maximum atomic E-state index is 13.0. The van der Waals surface area contributed by atoms with Gasteiger partial charge in [-0.25, -0.2) is 4.98 Å². The number of imidazole rings is 1. The Morgan fingerprint density at radius 2 is 2.23 bits per heavy atom. The number of pyridine rings is 1. The van der Waals surface area contributed by atoms with E-state index in [0.29, 0.717) is 24.1 Å². The highest BCUT2D eigenvalue weighted by atomic mass is 16.2. The number of nitrogens with one attached hydrogen (secondary N) is 1. The number of fused-ring (bicyclic) bond motifs is 1. The Morgan fingerprint density at radius 3 is 3.04 bits per heavy atom. The van der Waals surface area contributed by atoms with Gasteiger partial charge >= 0.3 is 0 Å². The van der Waals surface area contributed by atoms with Gasteiger partial charge in [0.15, 0.2) is 0 Å². The van der Waals surface area contributed by atoms with Gasteiger partial charge in [0.05, 0.1) is 17.4 Å². The predicted molar refractivity (Wildman–Crippen MR) is 101 cm³/mol. The normalized spacial score (nSPS) is 20.5. The molecule has 1 amide bonds. The molecule has 0 spiro atoms. The van der Waals surface area contributed by atoms with E-state index >= 15 is 0 Å². The number of nitrogens with zero attached hydrogens (tertiary/aromatic N) is 4. The van der Waals surface area contributed by atoms with Crippen LogP contribution in [-0.4, -0.2) is 57.8 Å². The summed E-state index contributed by atoms with van der Waals surface area (Å²) in [7, 11) is 4.02. The fourth-order valence-electron chi connectivity index (χ4n) is 4.07. The molecule has 0 saturated carbocycles. The summed E-state index contributed by atoms with van der Waals surface area (Å²) in [4.78, 5) is 28.8. The van der Waals surface area contributed by atoms with E-state index in [1.807, 2.05) is 42.4 Å². The topological polar surface area (TPSA) is 65.1 Å². The summed E-state index contributed by atoms with van der Waals surface area (Å²) in [5.74, 6) is 0.402. The second-order valence-corrected chi connectivity index (χ2v) is 7.05. The minimum absolute atomic E-state index is 0.0159. The van der Waals surface area contributed by atoms with E-state index in [1.54, 1.807) is 12.5 Å². The molecular formula is C20H23N5O. The number of aromatic nitrogens is 3. The van der Waals surface area contributed by atoms with Crippen LogP contribution in [0.3, 0.4) is 0 Å². The van der Waals surface area contributed by atoms with Gasteiger partial charge < -0.3 is 9.88 Å². The van der Waals surface area contributed by atoms with Crippen LogP contribution in [0.15, 0.2) is 49.1 Å². The van der Waals surface area contributed by atoms with E-state index < -0.39 is 0 Å². The molecule has 1 N–H and O–H groups in total. The number of carbonyl (C=O) groups excluding carboxylic acids is 1. The standard InChI is InChI=1S/C20H23N5O/c1-24-10-8-15(19(24)14-5-4-9-21-11-14)12-25(2)20(26)16-6-3-7-17-18(16)23-13-22-17/h3-7,9,11,13,15,19H,8,10,12H2,1-2H3,(H,22,23)/t15-,19-/m0/s1. The second-order valence-electron chi connectivity index (χ2n) is 7.05. The van der Waals surface area contributed by atoms with E-state index in [9.17, 15) is 4.79 Å². The molecule has 1 fully saturated rings. The Bertz CT molecular complexity index is 907. The van der Waals surface area contributed by atoms with Crippen molar-refractivity contribution in [2.45, 2.75) is 12.5 Å². The number of likely N-dealkylation sites (tertiary alicyclic amines) is 1. The number of hydrogen-bond donors (Lipinski definition) is 1. The van der Waals surface area contributed by atoms with Gasteiger partial charge in [-0.3, -0.25) is 14.7 Å². The molecule has 1 aromatic carbocycles. The molecule has 3 aromatic rings. The van der Waals surface area contributed by atoms with Gasteiger partial charge in [0.2, 0.25) is 0 Å². The average Bonchev–Trinajstić information content (AvgIpc) is 3.28. The lowest BCUT2D eigenvalue weighted by atomic mass is 9.94. The van der Waals surface area contributed by atoms with Crippen molar-refractivity contribution in [2.24, 2.45) is 5.92 Å². The summed E-state index contributed by atoms with van der Waals surface area (Å²) < 4.78 is 0. The summed E-state index contributed by atoms with van der Waals surface area (Å²) in [6, 6.07) is 10.1. The highest BCUT2D eigenvalue weighted by Crippen LogP contribution is 2.36. The lowest BCUT2D eigenvalue weighted by Gasteiger charge is -2.28. The van der Waals surface area contributed by atoms with Gasteiger partial charge in [-0.15, -0.1) is 0 Å². The molecule has 0 unspecified atom stereocenters. The first-order chi connectivity index (χ1) is 12.6.